The fraction of sp³-hybridized carbons (Fsp3) is 0.250. The van der Waals surface area contributed by atoms with Crippen LogP contribution in [0, 0.1) is 5.82 Å². The van der Waals surface area contributed by atoms with E-state index in [9.17, 15) is 17.6 Å². The van der Waals surface area contributed by atoms with Gasteiger partial charge in [-0.15, -0.1) is 0 Å². The number of rotatable bonds is 3. The molecule has 1 aromatic carbocycles. The van der Waals surface area contributed by atoms with Gasteiger partial charge in [0.2, 0.25) is 0 Å². The van der Waals surface area contributed by atoms with E-state index < -0.39 is 23.6 Å². The van der Waals surface area contributed by atoms with Gasteiger partial charge in [0.15, 0.2) is 0 Å². The molecule has 0 aliphatic heterocycles. The van der Waals surface area contributed by atoms with E-state index in [-0.39, 0.29) is 16.3 Å². The van der Waals surface area contributed by atoms with Gasteiger partial charge in [-0.2, -0.15) is 18.3 Å². The fourth-order valence-electron chi connectivity index (χ4n) is 2.09. The zero-order valence-corrected chi connectivity index (χ0v) is 11.5. The molecular weight excluding hydrogens is 312 g/mol. The average Bonchev–Trinajstić information content (AvgIpc) is 2.70. The molecule has 1 atom stereocenters. The van der Waals surface area contributed by atoms with Crippen LogP contribution in [0.2, 0.25) is 5.02 Å². The van der Waals surface area contributed by atoms with Gasteiger partial charge in [0.25, 0.3) is 0 Å². The third kappa shape index (κ3) is 3.02. The molecule has 0 aliphatic carbocycles. The minimum absolute atomic E-state index is 0.123. The molecule has 0 saturated carbocycles. The molecule has 114 valence electrons. The van der Waals surface area contributed by atoms with Crippen LogP contribution in [0.5, 0.6) is 0 Å². The second kappa shape index (κ2) is 5.63. The van der Waals surface area contributed by atoms with Crippen LogP contribution in [0.1, 0.15) is 22.9 Å². The summed E-state index contributed by atoms with van der Waals surface area (Å²) in [5.74, 6) is 4.55. The van der Waals surface area contributed by atoms with E-state index >= 15 is 0 Å². The maximum absolute atomic E-state index is 13.4. The second-order valence-electron chi connectivity index (χ2n) is 4.33. The monoisotopic (exact) mass is 322 g/mol. The lowest BCUT2D eigenvalue weighted by molar-refractivity contribution is -0.138. The highest BCUT2D eigenvalue weighted by molar-refractivity contribution is 6.31. The molecule has 3 N–H and O–H groups in total. The van der Waals surface area contributed by atoms with E-state index in [2.05, 4.69) is 10.5 Å². The first-order valence-corrected chi connectivity index (χ1v) is 6.13. The fourth-order valence-corrected chi connectivity index (χ4v) is 2.37. The molecule has 4 nitrogen and oxygen atoms in total. The predicted octanol–water partition coefficient (Wildman–Crippen LogP) is 2.78. The molecule has 1 heterocycles. The van der Waals surface area contributed by atoms with Crippen LogP contribution in [0.3, 0.4) is 0 Å². The maximum atomic E-state index is 13.4. The van der Waals surface area contributed by atoms with Crippen molar-refractivity contribution in [3.63, 3.8) is 0 Å². The summed E-state index contributed by atoms with van der Waals surface area (Å²) in [6.07, 6.45) is -3.38. The van der Waals surface area contributed by atoms with Gasteiger partial charge in [-0.3, -0.25) is 10.5 Å². The lowest BCUT2D eigenvalue weighted by Gasteiger charge is -2.21. The van der Waals surface area contributed by atoms with Crippen molar-refractivity contribution in [3.05, 3.63) is 52.1 Å². The molecule has 0 spiro atoms. The number of hydrazine groups is 1. The number of nitrogens with zero attached hydrogens (tertiary/aromatic N) is 2. The Labute approximate surface area is 122 Å². The Morgan fingerprint density at radius 3 is 2.52 bits per heavy atom. The minimum Gasteiger partial charge on any atom is -0.271 e. The van der Waals surface area contributed by atoms with Crippen LogP contribution in [0.4, 0.5) is 17.6 Å². The van der Waals surface area contributed by atoms with Crippen LogP contribution in [0.25, 0.3) is 0 Å². The minimum atomic E-state index is -4.65. The SMILES string of the molecule is Cn1ncc(Cl)c1C(NN)c1cc(F)ccc1C(F)(F)F. The van der Waals surface area contributed by atoms with Gasteiger partial charge >= 0.3 is 6.18 Å². The lowest BCUT2D eigenvalue weighted by Crippen LogP contribution is -2.32. The number of benzene rings is 1. The highest BCUT2D eigenvalue weighted by Gasteiger charge is 2.36. The number of aromatic nitrogens is 2. The Bertz CT molecular complexity index is 634. The Morgan fingerprint density at radius 1 is 1.38 bits per heavy atom. The topological polar surface area (TPSA) is 55.9 Å². The van der Waals surface area contributed by atoms with E-state index in [0.717, 1.165) is 12.1 Å². The third-order valence-electron chi connectivity index (χ3n) is 3.01. The van der Waals surface area contributed by atoms with Crippen LogP contribution < -0.4 is 11.3 Å². The van der Waals surface area contributed by atoms with E-state index in [0.29, 0.717) is 6.07 Å². The summed E-state index contributed by atoms with van der Waals surface area (Å²) in [5.41, 5.74) is 1.07. The van der Waals surface area contributed by atoms with Crippen molar-refractivity contribution in [2.75, 3.05) is 0 Å². The first-order chi connectivity index (χ1) is 9.75. The van der Waals surface area contributed by atoms with E-state index in [1.807, 2.05) is 0 Å². The zero-order chi connectivity index (χ0) is 15.8. The van der Waals surface area contributed by atoms with Gasteiger partial charge in [0, 0.05) is 7.05 Å². The average molecular weight is 323 g/mol. The van der Waals surface area contributed by atoms with Crippen LogP contribution in [-0.2, 0) is 13.2 Å². The molecular formula is C12H11ClF4N4. The highest BCUT2D eigenvalue weighted by atomic mass is 35.5. The number of alkyl halides is 3. The van der Waals surface area contributed by atoms with Crippen molar-refractivity contribution < 1.29 is 17.6 Å². The maximum Gasteiger partial charge on any atom is 0.416 e. The van der Waals surface area contributed by atoms with Gasteiger partial charge in [-0.1, -0.05) is 11.6 Å². The van der Waals surface area contributed by atoms with Crippen molar-refractivity contribution in [3.8, 4) is 0 Å². The summed E-state index contributed by atoms with van der Waals surface area (Å²) in [6.45, 7) is 0. The van der Waals surface area contributed by atoms with Crippen LogP contribution >= 0.6 is 11.6 Å². The molecule has 1 unspecified atom stereocenters. The van der Waals surface area contributed by atoms with Crippen molar-refractivity contribution in [1.82, 2.24) is 15.2 Å². The Kier molecular flexibility index (Phi) is 4.22. The van der Waals surface area contributed by atoms with Gasteiger partial charge < -0.3 is 0 Å². The molecule has 2 aromatic rings. The Morgan fingerprint density at radius 2 is 2.05 bits per heavy atom. The normalized spacial score (nSPS) is 13.5. The summed E-state index contributed by atoms with van der Waals surface area (Å²) in [6, 6.07) is 1.03. The molecule has 9 heteroatoms. The summed E-state index contributed by atoms with van der Waals surface area (Å²) in [4.78, 5) is 0. The molecule has 0 amide bonds. The van der Waals surface area contributed by atoms with Crippen LogP contribution in [0.15, 0.2) is 24.4 Å². The number of halogens is 5. The summed E-state index contributed by atoms with van der Waals surface area (Å²) < 4.78 is 53.9. The molecule has 0 radical (unpaired) electrons. The first-order valence-electron chi connectivity index (χ1n) is 5.76. The second-order valence-corrected chi connectivity index (χ2v) is 4.74. The molecule has 0 saturated heterocycles. The van der Waals surface area contributed by atoms with Crippen molar-refractivity contribution in [2.24, 2.45) is 12.9 Å². The molecule has 1 aromatic heterocycles. The Balaban J connectivity index is 2.65. The predicted molar refractivity (Wildman–Crippen MR) is 68.8 cm³/mol. The van der Waals surface area contributed by atoms with E-state index in [4.69, 9.17) is 17.4 Å². The summed E-state index contributed by atoms with van der Waals surface area (Å²) in [7, 11) is 1.50. The molecule has 21 heavy (non-hydrogen) atoms. The van der Waals surface area contributed by atoms with E-state index in [1.54, 1.807) is 0 Å². The zero-order valence-electron chi connectivity index (χ0n) is 10.7. The lowest BCUT2D eigenvalue weighted by atomic mass is 9.97. The van der Waals surface area contributed by atoms with Crippen molar-refractivity contribution >= 4 is 11.6 Å². The summed E-state index contributed by atoms with van der Waals surface area (Å²) >= 11 is 5.92. The number of nitrogens with two attached hydrogens (primary N) is 1. The standard InChI is InChI=1S/C12H11ClF4N4/c1-21-11(9(13)5-19-21)10(20-18)7-4-6(14)2-3-8(7)12(15,16)17/h2-5,10,20H,18H2,1H3. The molecule has 0 aliphatic rings. The largest absolute Gasteiger partial charge is 0.416 e. The van der Waals surface area contributed by atoms with Gasteiger partial charge in [-0.25, -0.2) is 9.82 Å². The Hall–Kier alpha value is -1.64. The van der Waals surface area contributed by atoms with Gasteiger partial charge in [0.05, 0.1) is 28.5 Å². The molecule has 0 fully saturated rings. The smallest absolute Gasteiger partial charge is 0.271 e. The third-order valence-corrected chi connectivity index (χ3v) is 3.30. The number of nitrogens with one attached hydrogen (secondary N) is 1. The number of hydrogen-bond acceptors (Lipinski definition) is 3. The van der Waals surface area contributed by atoms with E-state index in [1.165, 1.54) is 17.9 Å². The molecule has 2 rings (SSSR count). The highest BCUT2D eigenvalue weighted by Crippen LogP contribution is 2.38. The van der Waals surface area contributed by atoms with Crippen molar-refractivity contribution in [2.45, 2.75) is 12.2 Å². The number of hydrogen-bond donors (Lipinski definition) is 2. The quantitative estimate of drug-likeness (QED) is 0.519. The molecule has 0 bridgehead atoms. The van der Waals surface area contributed by atoms with Crippen LogP contribution in [-0.4, -0.2) is 9.78 Å². The van der Waals surface area contributed by atoms with Gasteiger partial charge in [0.1, 0.15) is 5.82 Å². The first kappa shape index (κ1) is 15.7. The van der Waals surface area contributed by atoms with Gasteiger partial charge in [-0.05, 0) is 23.8 Å². The summed E-state index contributed by atoms with van der Waals surface area (Å²) in [5, 5.41) is 3.96. The number of aryl methyl sites for hydroxylation is 1. The van der Waals surface area contributed by atoms with Crippen molar-refractivity contribution in [1.29, 1.82) is 0 Å².